The average Bonchev–Trinajstić information content (AvgIpc) is 1.50. The number of hydrogen-bond donors (Lipinski definition) is 0. The van der Waals surface area contributed by atoms with Crippen LogP contribution < -0.4 is 0 Å². The van der Waals surface area contributed by atoms with E-state index in [9.17, 15) is 0 Å². The van der Waals surface area contributed by atoms with Crippen LogP contribution in [0.15, 0.2) is 450 Å². The SMILES string of the molecule is Cc1ccc2c(c1)c1ccccc1n2-c1ccc(-c2ccc3c(c2)c2ccccc2c2nccnc32)cc1.c1ccc(-c2ccc3c(c2)c2cc(-c4ccccc4)ccc2n3-c2ccccc2-c2ccc3c(c2)c2ccccc2c2nccnc32)cc1.c1ccc(-c2ccc3c(c2)c2ccccc2n3-c2ccc(-c3ccc4c(c3)c3ccccc3c3nccnc43)cc2)cc1. The molecule has 27 rings (SSSR count). The van der Waals surface area contributed by atoms with Crippen LogP contribution in [-0.2, 0) is 0 Å². The van der Waals surface area contributed by atoms with Gasteiger partial charge in [-0.05, 0) is 210 Å². The summed E-state index contributed by atoms with van der Waals surface area (Å²) in [7, 11) is 0. The van der Waals surface area contributed by atoms with Gasteiger partial charge in [0.15, 0.2) is 0 Å². The van der Waals surface area contributed by atoms with Crippen molar-refractivity contribution in [1.82, 2.24) is 43.6 Å². The molecule has 606 valence electrons. The zero-order valence-corrected chi connectivity index (χ0v) is 70.7. The van der Waals surface area contributed by atoms with Gasteiger partial charge >= 0.3 is 0 Å². The largest absolute Gasteiger partial charge is 0.309 e. The third kappa shape index (κ3) is 12.6. The Morgan fingerprint density at radius 2 is 0.400 bits per heavy atom. The van der Waals surface area contributed by atoms with Crippen LogP contribution in [0.5, 0.6) is 0 Å². The van der Waals surface area contributed by atoms with Gasteiger partial charge in [0.2, 0.25) is 0 Å². The summed E-state index contributed by atoms with van der Waals surface area (Å²) in [5.74, 6) is 0. The molecule has 6 aromatic heterocycles. The van der Waals surface area contributed by atoms with Gasteiger partial charge < -0.3 is 13.7 Å². The molecular formula is C121H77N9. The number of para-hydroxylation sites is 3. The highest BCUT2D eigenvalue weighted by Crippen LogP contribution is 2.46. The fraction of sp³-hybridized carbons (Fsp3) is 0.00826. The van der Waals surface area contributed by atoms with E-state index >= 15 is 0 Å². The van der Waals surface area contributed by atoms with Crippen LogP contribution >= 0.6 is 0 Å². The van der Waals surface area contributed by atoms with Crippen LogP contribution in [0.25, 0.3) is 247 Å². The molecule has 0 amide bonds. The van der Waals surface area contributed by atoms with Crippen molar-refractivity contribution in [1.29, 1.82) is 0 Å². The summed E-state index contributed by atoms with van der Waals surface area (Å²) in [6.45, 7) is 2.16. The Hall–Kier alpha value is -17.4. The Kier molecular flexibility index (Phi) is 18.0. The summed E-state index contributed by atoms with van der Waals surface area (Å²) >= 11 is 0. The number of aromatic nitrogens is 9. The van der Waals surface area contributed by atoms with Crippen molar-refractivity contribution in [2.75, 3.05) is 0 Å². The van der Waals surface area contributed by atoms with Gasteiger partial charge in [-0.25, -0.2) is 0 Å². The highest BCUT2D eigenvalue weighted by atomic mass is 15.0. The van der Waals surface area contributed by atoms with Crippen molar-refractivity contribution in [3.8, 4) is 83.8 Å². The molecule has 0 aliphatic carbocycles. The summed E-state index contributed by atoms with van der Waals surface area (Å²) in [6, 6.07) is 149. The molecule has 27 aromatic rings. The highest BCUT2D eigenvalue weighted by molar-refractivity contribution is 6.27. The maximum Gasteiger partial charge on any atom is 0.0971 e. The summed E-state index contributed by atoms with van der Waals surface area (Å²) in [5, 5.41) is 21.5. The molecule has 0 saturated carbocycles. The van der Waals surface area contributed by atoms with E-state index in [0.29, 0.717) is 0 Å². The first kappa shape index (κ1) is 75.2. The highest BCUT2D eigenvalue weighted by Gasteiger charge is 2.23. The Morgan fingerprint density at radius 1 is 0.154 bits per heavy atom. The molecule has 9 heteroatoms. The zero-order chi connectivity index (χ0) is 85.9. The monoisotopic (exact) mass is 1660 g/mol. The summed E-state index contributed by atoms with van der Waals surface area (Å²) in [6.07, 6.45) is 10.7. The van der Waals surface area contributed by atoms with E-state index in [4.69, 9.17) is 19.9 Å². The number of aryl methyl sites for hydroxylation is 1. The quantitative estimate of drug-likeness (QED) is 0.134. The Morgan fingerprint density at radius 3 is 0.785 bits per heavy atom. The summed E-state index contributed by atoms with van der Waals surface area (Å²) < 4.78 is 7.19. The lowest BCUT2D eigenvalue weighted by Gasteiger charge is -2.16. The number of hydrogen-bond acceptors (Lipinski definition) is 6. The predicted molar refractivity (Wildman–Crippen MR) is 544 cm³/mol. The second-order valence-corrected chi connectivity index (χ2v) is 33.6. The summed E-state index contributed by atoms with van der Waals surface area (Å²) in [4.78, 5) is 28.2. The van der Waals surface area contributed by atoms with Gasteiger partial charge in [-0.1, -0.05) is 309 Å². The fourth-order valence-corrected chi connectivity index (χ4v) is 20.3. The standard InChI is InChI=1S/C46H29N3.C40H25N3.C35H23N3/c1-3-11-30(12-4-1)32-20-23-43-40(27-32)41-28-33(31-13-5-2-6-14-31)21-24-44(41)49(43)42-18-10-9-15-35(42)34-19-22-38-39(29-34)36-16-7-8-17-37(36)45-46(38)48-26-25-47-45;1-2-8-26(9-3-1)29-17-21-38-36(25-29)32-11-6-7-13-37(32)43(38)30-18-14-27(15-19-30)28-16-20-34-35(24-28)31-10-4-5-12-33(31)39-40(34)42-23-22-41-39;1-22-10-17-33-31(20-22)27-7-4-5-9-32(27)38(33)25-14-11-23(12-15-25)24-13-16-29-30(21-24)26-6-2-3-8-28(26)34-35(29)37-19-18-36-34/h1-29H;1-25H;2-21H,1H3. The smallest absolute Gasteiger partial charge is 0.0971 e. The van der Waals surface area contributed by atoms with Crippen molar-refractivity contribution in [2.45, 2.75) is 6.92 Å². The predicted octanol–water partition coefficient (Wildman–Crippen LogP) is 31.4. The van der Waals surface area contributed by atoms with Crippen molar-refractivity contribution < 1.29 is 0 Å². The lowest BCUT2D eigenvalue weighted by molar-refractivity contribution is 1.18. The van der Waals surface area contributed by atoms with Gasteiger partial charge in [-0.15, -0.1) is 0 Å². The fourth-order valence-electron chi connectivity index (χ4n) is 20.3. The van der Waals surface area contributed by atoms with Crippen molar-refractivity contribution in [3.63, 3.8) is 0 Å². The van der Waals surface area contributed by atoms with Crippen LogP contribution in [0.1, 0.15) is 5.56 Å². The van der Waals surface area contributed by atoms with Gasteiger partial charge in [-0.3, -0.25) is 29.9 Å². The molecule has 0 N–H and O–H groups in total. The average molecular weight is 1660 g/mol. The second kappa shape index (κ2) is 31.1. The third-order valence-electron chi connectivity index (χ3n) is 26.3. The van der Waals surface area contributed by atoms with E-state index in [1.807, 2.05) is 0 Å². The number of rotatable bonds is 9. The van der Waals surface area contributed by atoms with Crippen LogP contribution in [0.2, 0.25) is 0 Å². The molecule has 21 aromatic carbocycles. The van der Waals surface area contributed by atoms with Gasteiger partial charge in [0, 0.05) is 119 Å². The van der Waals surface area contributed by atoms with Gasteiger partial charge in [0.25, 0.3) is 0 Å². The maximum absolute atomic E-state index is 4.78. The molecule has 6 heterocycles. The van der Waals surface area contributed by atoms with E-state index in [-0.39, 0.29) is 0 Å². The number of fused-ring (bicyclic) bond motifs is 27. The maximum atomic E-state index is 4.78. The molecular weight excluding hydrogens is 1580 g/mol. The van der Waals surface area contributed by atoms with Gasteiger partial charge in [0.1, 0.15) is 0 Å². The molecule has 130 heavy (non-hydrogen) atoms. The molecule has 0 saturated heterocycles. The molecule has 0 aliphatic rings. The van der Waals surface area contributed by atoms with Crippen molar-refractivity contribution in [3.05, 3.63) is 455 Å². The van der Waals surface area contributed by atoms with E-state index in [1.54, 1.807) is 37.2 Å². The van der Waals surface area contributed by atoms with Gasteiger partial charge in [0.05, 0.1) is 71.9 Å². The van der Waals surface area contributed by atoms with Crippen LogP contribution in [0, 0.1) is 6.92 Å². The first-order valence-corrected chi connectivity index (χ1v) is 44.2. The minimum Gasteiger partial charge on any atom is -0.309 e. The molecule has 0 radical (unpaired) electrons. The zero-order valence-electron chi connectivity index (χ0n) is 70.7. The molecule has 0 fully saturated rings. The minimum absolute atomic E-state index is 0.932. The normalized spacial score (nSPS) is 11.7. The molecule has 0 bridgehead atoms. The Bertz CT molecular complexity index is 9040. The van der Waals surface area contributed by atoms with Crippen LogP contribution in [0.3, 0.4) is 0 Å². The first-order chi connectivity index (χ1) is 64.4. The molecule has 0 atom stereocenters. The number of benzene rings is 21. The van der Waals surface area contributed by atoms with E-state index in [0.717, 1.165) is 88.0 Å². The lowest BCUT2D eigenvalue weighted by Crippen LogP contribution is -1.97. The van der Waals surface area contributed by atoms with Crippen LogP contribution in [-0.4, -0.2) is 43.6 Å². The van der Waals surface area contributed by atoms with Crippen molar-refractivity contribution >= 4 is 163 Å². The van der Waals surface area contributed by atoms with E-state index in [1.165, 1.54) is 164 Å². The Balaban J connectivity index is 0.000000106. The van der Waals surface area contributed by atoms with Crippen LogP contribution in [0.4, 0.5) is 0 Å². The topological polar surface area (TPSA) is 92.1 Å². The third-order valence-corrected chi connectivity index (χ3v) is 26.3. The minimum atomic E-state index is 0.932. The Labute approximate surface area is 747 Å². The molecule has 0 aliphatic heterocycles. The van der Waals surface area contributed by atoms with E-state index in [2.05, 4.69) is 443 Å². The first-order valence-electron chi connectivity index (χ1n) is 44.2. The number of nitrogens with zero attached hydrogens (tertiary/aromatic N) is 9. The molecule has 0 spiro atoms. The van der Waals surface area contributed by atoms with Crippen molar-refractivity contribution in [2.24, 2.45) is 0 Å². The summed E-state index contributed by atoms with van der Waals surface area (Å²) in [5.41, 5.74) is 32.0. The molecule has 9 nitrogen and oxygen atoms in total. The van der Waals surface area contributed by atoms with Gasteiger partial charge in [-0.2, -0.15) is 0 Å². The second-order valence-electron chi connectivity index (χ2n) is 33.6. The lowest BCUT2D eigenvalue weighted by atomic mass is 9.95. The molecule has 0 unspecified atom stereocenters. The van der Waals surface area contributed by atoms with E-state index < -0.39 is 0 Å².